The Balaban J connectivity index is 1.68. The van der Waals surface area contributed by atoms with Crippen molar-refractivity contribution in [1.29, 1.82) is 0 Å². The normalized spacial score (nSPS) is 25.3. The molecule has 0 unspecified atom stereocenters. The maximum atomic E-state index is 13.6. The molecule has 3 atom stereocenters. The number of aromatic hydroxyl groups is 1. The third-order valence-electron chi connectivity index (χ3n) is 7.53. The van der Waals surface area contributed by atoms with Gasteiger partial charge in [-0.05, 0) is 54.5 Å². The SMILES string of the molecule is CC(=O)c1cccc(-c2ccc(O)c3c2C[C@H]2C[C@H]4CC(O)=C(C(N)=O)C(=O)[C@@]4(O)C(O)=C2C3=O)c1. The fraction of sp³-hybridized carbons (Fsp3) is 0.259. The van der Waals surface area contributed by atoms with Gasteiger partial charge in [0, 0.05) is 23.5 Å². The molecule has 9 nitrogen and oxygen atoms in total. The van der Waals surface area contributed by atoms with E-state index in [9.17, 15) is 39.6 Å². The molecule has 0 aliphatic heterocycles. The number of aliphatic hydroxyl groups excluding tert-OH is 2. The zero-order valence-electron chi connectivity index (χ0n) is 19.2. The van der Waals surface area contributed by atoms with Gasteiger partial charge in [-0.25, -0.2) is 0 Å². The van der Waals surface area contributed by atoms with Crippen molar-refractivity contribution in [2.24, 2.45) is 17.6 Å². The van der Waals surface area contributed by atoms with E-state index in [0.29, 0.717) is 22.3 Å². The number of ketones is 3. The number of fused-ring (bicyclic) bond motifs is 3. The number of amides is 1. The maximum Gasteiger partial charge on any atom is 0.255 e. The predicted octanol–water partition coefficient (Wildman–Crippen LogP) is 2.45. The fourth-order valence-electron chi connectivity index (χ4n) is 5.80. The highest BCUT2D eigenvalue weighted by molar-refractivity contribution is 6.24. The molecule has 5 rings (SSSR count). The van der Waals surface area contributed by atoms with Gasteiger partial charge in [-0.15, -0.1) is 0 Å². The molecule has 36 heavy (non-hydrogen) atoms. The summed E-state index contributed by atoms with van der Waals surface area (Å²) in [6.45, 7) is 1.44. The van der Waals surface area contributed by atoms with Gasteiger partial charge in [-0.1, -0.05) is 24.3 Å². The summed E-state index contributed by atoms with van der Waals surface area (Å²) in [7, 11) is 0. The van der Waals surface area contributed by atoms with Crippen LogP contribution in [0.25, 0.3) is 11.1 Å². The molecule has 6 N–H and O–H groups in total. The van der Waals surface area contributed by atoms with E-state index in [2.05, 4.69) is 0 Å². The minimum absolute atomic E-state index is 0.0471. The second kappa shape index (κ2) is 7.89. The highest BCUT2D eigenvalue weighted by atomic mass is 16.3. The number of carbonyl (C=O) groups excluding carboxylic acids is 4. The van der Waals surface area contributed by atoms with Crippen LogP contribution in [0.2, 0.25) is 0 Å². The first-order chi connectivity index (χ1) is 17.0. The average molecular weight is 489 g/mol. The van der Waals surface area contributed by atoms with Gasteiger partial charge >= 0.3 is 0 Å². The Bertz CT molecular complexity index is 1470. The van der Waals surface area contributed by atoms with Crippen molar-refractivity contribution in [3.05, 3.63) is 75.8 Å². The van der Waals surface area contributed by atoms with Gasteiger partial charge in [0.05, 0.1) is 5.56 Å². The number of benzene rings is 2. The third-order valence-corrected chi connectivity index (χ3v) is 7.53. The molecular formula is C27H23NO8. The first-order valence-electron chi connectivity index (χ1n) is 11.4. The van der Waals surface area contributed by atoms with Crippen LogP contribution in [0.1, 0.15) is 46.0 Å². The highest BCUT2D eigenvalue weighted by Gasteiger charge is 2.59. The zero-order chi connectivity index (χ0) is 26.1. The van der Waals surface area contributed by atoms with E-state index in [1.165, 1.54) is 13.0 Å². The smallest absolute Gasteiger partial charge is 0.255 e. The number of allylic oxidation sites excluding steroid dienone is 2. The summed E-state index contributed by atoms with van der Waals surface area (Å²) in [5, 5.41) is 43.3. The summed E-state index contributed by atoms with van der Waals surface area (Å²) in [6, 6.07) is 9.84. The standard InChI is InChI=1S/C27H23NO8/c1-11(29)12-3-2-4-13(7-12)16-5-6-18(30)21-17(16)9-14-8-15-10-19(31)22(26(28)35)25(34)27(15,36)24(33)20(14)23(21)32/h2-7,14-15,30-31,33,36H,8-10H2,1H3,(H2,28,35)/t14-,15+,27+/m1/s1. The first-order valence-corrected chi connectivity index (χ1v) is 11.4. The molecular weight excluding hydrogens is 466 g/mol. The van der Waals surface area contributed by atoms with Crippen LogP contribution in [0.3, 0.4) is 0 Å². The quantitative estimate of drug-likeness (QED) is 0.323. The van der Waals surface area contributed by atoms with Crippen molar-refractivity contribution in [3.8, 4) is 16.9 Å². The largest absolute Gasteiger partial charge is 0.511 e. The average Bonchev–Trinajstić information content (AvgIpc) is 2.81. The van der Waals surface area contributed by atoms with E-state index >= 15 is 0 Å². The fourth-order valence-corrected chi connectivity index (χ4v) is 5.80. The summed E-state index contributed by atoms with van der Waals surface area (Å²) in [6.07, 6.45) is -0.0587. The van der Waals surface area contributed by atoms with E-state index < -0.39 is 52.0 Å². The molecule has 9 heteroatoms. The van der Waals surface area contributed by atoms with E-state index in [1.54, 1.807) is 30.3 Å². The van der Waals surface area contributed by atoms with Crippen molar-refractivity contribution in [1.82, 2.24) is 0 Å². The van der Waals surface area contributed by atoms with Crippen LogP contribution in [-0.2, 0) is 16.0 Å². The van der Waals surface area contributed by atoms with Crippen LogP contribution in [0.5, 0.6) is 5.75 Å². The zero-order valence-corrected chi connectivity index (χ0v) is 19.2. The molecule has 0 saturated heterocycles. The van der Waals surface area contributed by atoms with Gasteiger partial charge in [-0.2, -0.15) is 0 Å². The molecule has 2 aromatic carbocycles. The minimum Gasteiger partial charge on any atom is -0.511 e. The number of primary amides is 1. The first kappa shape index (κ1) is 23.5. The molecule has 184 valence electrons. The Morgan fingerprint density at radius 3 is 2.44 bits per heavy atom. The molecule has 0 aromatic heterocycles. The van der Waals surface area contributed by atoms with Crippen molar-refractivity contribution < 1.29 is 39.6 Å². The molecule has 0 spiro atoms. The van der Waals surface area contributed by atoms with Gasteiger partial charge in [0.1, 0.15) is 22.8 Å². The number of Topliss-reactive ketones (excluding diaryl/α,β-unsaturated/α-hetero) is 3. The molecule has 0 fully saturated rings. The van der Waals surface area contributed by atoms with Gasteiger partial charge in [0.15, 0.2) is 17.2 Å². The van der Waals surface area contributed by atoms with Gasteiger partial charge in [0.2, 0.25) is 5.78 Å². The molecule has 3 aliphatic carbocycles. The topological polar surface area (TPSA) is 175 Å². The number of nitrogens with two attached hydrogens (primary N) is 1. The van der Waals surface area contributed by atoms with E-state index in [-0.39, 0.29) is 41.9 Å². The number of aliphatic hydroxyl groups is 3. The maximum absolute atomic E-state index is 13.6. The Morgan fingerprint density at radius 2 is 1.78 bits per heavy atom. The number of carbonyl (C=O) groups is 4. The van der Waals surface area contributed by atoms with E-state index in [4.69, 9.17) is 5.73 Å². The Kier molecular flexibility index (Phi) is 5.15. The molecule has 1 amide bonds. The van der Waals surface area contributed by atoms with E-state index in [1.807, 2.05) is 0 Å². The summed E-state index contributed by atoms with van der Waals surface area (Å²) in [5.74, 6) is -6.82. The molecule has 0 radical (unpaired) electrons. The predicted molar refractivity (Wildman–Crippen MR) is 126 cm³/mol. The van der Waals surface area contributed by atoms with Crippen molar-refractivity contribution in [3.63, 3.8) is 0 Å². The Hall–Kier alpha value is -4.24. The Morgan fingerprint density at radius 1 is 1.06 bits per heavy atom. The number of rotatable bonds is 3. The summed E-state index contributed by atoms with van der Waals surface area (Å²) in [4.78, 5) is 50.3. The third kappa shape index (κ3) is 3.12. The molecule has 3 aliphatic rings. The van der Waals surface area contributed by atoms with Crippen molar-refractivity contribution in [2.75, 3.05) is 0 Å². The van der Waals surface area contributed by atoms with Crippen LogP contribution in [-0.4, -0.2) is 49.3 Å². The summed E-state index contributed by atoms with van der Waals surface area (Å²) in [5.41, 5.74) is 3.78. The van der Waals surface area contributed by atoms with Crippen molar-refractivity contribution >= 4 is 23.3 Å². The number of phenols is 1. The molecule has 0 saturated carbocycles. The molecule has 0 heterocycles. The highest BCUT2D eigenvalue weighted by Crippen LogP contribution is 2.52. The number of hydrogen-bond donors (Lipinski definition) is 5. The Labute approximate surface area is 205 Å². The van der Waals surface area contributed by atoms with Crippen LogP contribution in [0.15, 0.2) is 59.1 Å². The van der Waals surface area contributed by atoms with Crippen LogP contribution >= 0.6 is 0 Å². The van der Waals surface area contributed by atoms with Crippen molar-refractivity contribution in [2.45, 2.75) is 31.8 Å². The van der Waals surface area contributed by atoms with Gasteiger partial charge in [0.25, 0.3) is 5.91 Å². The van der Waals surface area contributed by atoms with Crippen LogP contribution in [0.4, 0.5) is 0 Å². The summed E-state index contributed by atoms with van der Waals surface area (Å²) < 4.78 is 0. The molecule has 2 aromatic rings. The van der Waals surface area contributed by atoms with Gasteiger partial charge < -0.3 is 26.2 Å². The minimum atomic E-state index is -2.60. The number of phenolic OH excluding ortho intramolecular Hbond substituents is 1. The number of hydrogen-bond acceptors (Lipinski definition) is 8. The second-order valence-electron chi connectivity index (χ2n) is 9.53. The van der Waals surface area contributed by atoms with Crippen LogP contribution < -0.4 is 5.73 Å². The lowest BCUT2D eigenvalue weighted by molar-refractivity contribution is -0.144. The van der Waals surface area contributed by atoms with Gasteiger partial charge in [-0.3, -0.25) is 19.2 Å². The monoisotopic (exact) mass is 489 g/mol. The summed E-state index contributed by atoms with van der Waals surface area (Å²) >= 11 is 0. The lowest BCUT2D eigenvalue weighted by Gasteiger charge is -2.45. The van der Waals surface area contributed by atoms with Crippen LogP contribution in [0, 0.1) is 11.8 Å². The lowest BCUT2D eigenvalue weighted by atomic mass is 9.60. The van der Waals surface area contributed by atoms with E-state index in [0.717, 1.165) is 0 Å². The second-order valence-corrected chi connectivity index (χ2v) is 9.53. The lowest BCUT2D eigenvalue weighted by Crippen LogP contribution is -2.57. The molecule has 0 bridgehead atoms.